The SMILES string of the molecule is CCN(C)C(=O)NCC(C)(O)CC. The number of aliphatic hydroxyl groups is 1. The molecule has 1 atom stereocenters. The van der Waals surface area contributed by atoms with Crippen LogP contribution < -0.4 is 5.32 Å². The van der Waals surface area contributed by atoms with E-state index in [-0.39, 0.29) is 6.03 Å². The summed E-state index contributed by atoms with van der Waals surface area (Å²) in [6, 6.07) is -0.142. The van der Waals surface area contributed by atoms with Crippen LogP contribution in [-0.2, 0) is 0 Å². The Bertz CT molecular complexity index is 169. The van der Waals surface area contributed by atoms with Gasteiger partial charge in [0.1, 0.15) is 0 Å². The van der Waals surface area contributed by atoms with Gasteiger partial charge in [0, 0.05) is 20.1 Å². The first kappa shape index (κ1) is 12.2. The fourth-order valence-corrected chi connectivity index (χ4v) is 0.670. The Kier molecular flexibility index (Phi) is 4.77. The second-order valence-electron chi connectivity index (χ2n) is 3.52. The van der Waals surface area contributed by atoms with Gasteiger partial charge in [0.15, 0.2) is 0 Å². The van der Waals surface area contributed by atoms with Crippen LogP contribution in [0.1, 0.15) is 27.2 Å². The summed E-state index contributed by atoms with van der Waals surface area (Å²) < 4.78 is 0. The van der Waals surface area contributed by atoms with Crippen LogP contribution in [0, 0.1) is 0 Å². The first-order chi connectivity index (χ1) is 5.93. The lowest BCUT2D eigenvalue weighted by Crippen LogP contribution is -2.45. The predicted molar refractivity (Wildman–Crippen MR) is 52.6 cm³/mol. The molecule has 0 fully saturated rings. The summed E-state index contributed by atoms with van der Waals surface area (Å²) >= 11 is 0. The lowest BCUT2D eigenvalue weighted by molar-refractivity contribution is 0.0568. The van der Waals surface area contributed by atoms with Crippen LogP contribution in [-0.4, -0.2) is 41.8 Å². The van der Waals surface area contributed by atoms with Crippen molar-refractivity contribution >= 4 is 6.03 Å². The highest BCUT2D eigenvalue weighted by atomic mass is 16.3. The zero-order valence-electron chi connectivity index (χ0n) is 8.92. The van der Waals surface area contributed by atoms with E-state index in [0.29, 0.717) is 19.5 Å². The molecule has 0 aliphatic rings. The van der Waals surface area contributed by atoms with E-state index in [1.54, 1.807) is 18.9 Å². The number of rotatable bonds is 4. The van der Waals surface area contributed by atoms with Gasteiger partial charge in [0.25, 0.3) is 0 Å². The van der Waals surface area contributed by atoms with E-state index < -0.39 is 5.60 Å². The van der Waals surface area contributed by atoms with Crippen molar-refractivity contribution in [3.05, 3.63) is 0 Å². The molecule has 0 saturated carbocycles. The lowest BCUT2D eigenvalue weighted by Gasteiger charge is -2.23. The van der Waals surface area contributed by atoms with Crippen molar-refractivity contribution in [1.82, 2.24) is 10.2 Å². The van der Waals surface area contributed by atoms with Crippen LogP contribution in [0.25, 0.3) is 0 Å². The van der Waals surface area contributed by atoms with Gasteiger partial charge in [-0.25, -0.2) is 4.79 Å². The standard InChI is InChI=1S/C9H20N2O2/c1-5-9(3,13)7-10-8(12)11(4)6-2/h13H,5-7H2,1-4H3,(H,10,12). The molecule has 0 aromatic carbocycles. The van der Waals surface area contributed by atoms with E-state index in [1.807, 2.05) is 13.8 Å². The second-order valence-corrected chi connectivity index (χ2v) is 3.52. The fraction of sp³-hybridized carbons (Fsp3) is 0.889. The minimum atomic E-state index is -0.801. The summed E-state index contributed by atoms with van der Waals surface area (Å²) in [5.74, 6) is 0. The molecule has 1 unspecified atom stereocenters. The Hall–Kier alpha value is -0.770. The van der Waals surface area contributed by atoms with Crippen LogP contribution in [0.5, 0.6) is 0 Å². The van der Waals surface area contributed by atoms with E-state index in [9.17, 15) is 9.90 Å². The highest BCUT2D eigenvalue weighted by molar-refractivity contribution is 5.73. The van der Waals surface area contributed by atoms with Crippen molar-refractivity contribution in [2.45, 2.75) is 32.8 Å². The number of urea groups is 1. The number of carbonyl (C=O) groups is 1. The Balaban J connectivity index is 3.83. The van der Waals surface area contributed by atoms with E-state index in [4.69, 9.17) is 0 Å². The van der Waals surface area contributed by atoms with Gasteiger partial charge in [-0.2, -0.15) is 0 Å². The highest BCUT2D eigenvalue weighted by Gasteiger charge is 2.18. The van der Waals surface area contributed by atoms with Crippen molar-refractivity contribution in [2.24, 2.45) is 0 Å². The van der Waals surface area contributed by atoms with Gasteiger partial charge in [-0.1, -0.05) is 6.92 Å². The van der Waals surface area contributed by atoms with Crippen molar-refractivity contribution in [1.29, 1.82) is 0 Å². The fourth-order valence-electron chi connectivity index (χ4n) is 0.670. The van der Waals surface area contributed by atoms with Crippen LogP contribution in [0.3, 0.4) is 0 Å². The molecule has 0 rings (SSSR count). The first-order valence-corrected chi connectivity index (χ1v) is 4.64. The number of amides is 2. The summed E-state index contributed by atoms with van der Waals surface area (Å²) in [5, 5.41) is 12.3. The molecule has 78 valence electrons. The normalized spacial score (nSPS) is 14.8. The molecule has 0 spiro atoms. The lowest BCUT2D eigenvalue weighted by atomic mass is 10.0. The average molecular weight is 188 g/mol. The van der Waals surface area contributed by atoms with Gasteiger partial charge in [-0.3, -0.25) is 0 Å². The maximum absolute atomic E-state index is 11.2. The van der Waals surface area contributed by atoms with Gasteiger partial charge in [0.2, 0.25) is 0 Å². The molecule has 0 heterocycles. The molecule has 0 aromatic rings. The molecule has 0 aliphatic heterocycles. The molecule has 0 aromatic heterocycles. The molecule has 0 saturated heterocycles. The van der Waals surface area contributed by atoms with Crippen molar-refractivity contribution in [3.63, 3.8) is 0 Å². The third kappa shape index (κ3) is 4.72. The zero-order chi connectivity index (χ0) is 10.5. The largest absolute Gasteiger partial charge is 0.388 e. The minimum absolute atomic E-state index is 0.142. The quantitative estimate of drug-likeness (QED) is 0.686. The summed E-state index contributed by atoms with van der Waals surface area (Å²) in [5.41, 5.74) is -0.801. The van der Waals surface area contributed by atoms with Crippen LogP contribution in [0.15, 0.2) is 0 Å². The summed E-state index contributed by atoms with van der Waals surface area (Å²) in [4.78, 5) is 12.8. The average Bonchev–Trinajstić information content (AvgIpc) is 2.13. The van der Waals surface area contributed by atoms with E-state index in [2.05, 4.69) is 5.32 Å². The van der Waals surface area contributed by atoms with Gasteiger partial charge < -0.3 is 15.3 Å². The molecule has 4 nitrogen and oxygen atoms in total. The molecule has 0 radical (unpaired) electrons. The van der Waals surface area contributed by atoms with Gasteiger partial charge >= 0.3 is 6.03 Å². The smallest absolute Gasteiger partial charge is 0.317 e. The number of hydrogen-bond donors (Lipinski definition) is 2. The Morgan fingerprint density at radius 3 is 2.46 bits per heavy atom. The van der Waals surface area contributed by atoms with E-state index >= 15 is 0 Å². The molecule has 0 aliphatic carbocycles. The second kappa shape index (κ2) is 5.07. The van der Waals surface area contributed by atoms with E-state index in [1.165, 1.54) is 0 Å². The molecule has 0 bridgehead atoms. The summed E-state index contributed by atoms with van der Waals surface area (Å²) in [7, 11) is 1.72. The number of carbonyl (C=O) groups excluding carboxylic acids is 1. The summed E-state index contributed by atoms with van der Waals surface area (Å²) in [6.07, 6.45) is 0.628. The van der Waals surface area contributed by atoms with Crippen LogP contribution in [0.4, 0.5) is 4.79 Å². The van der Waals surface area contributed by atoms with Gasteiger partial charge in [-0.15, -0.1) is 0 Å². The van der Waals surface area contributed by atoms with Gasteiger partial charge in [0.05, 0.1) is 5.60 Å². The van der Waals surface area contributed by atoms with Crippen molar-refractivity contribution < 1.29 is 9.90 Å². The van der Waals surface area contributed by atoms with Crippen LogP contribution >= 0.6 is 0 Å². The highest BCUT2D eigenvalue weighted by Crippen LogP contribution is 2.05. The zero-order valence-corrected chi connectivity index (χ0v) is 8.92. The molecule has 2 N–H and O–H groups in total. The Morgan fingerprint density at radius 2 is 2.08 bits per heavy atom. The van der Waals surface area contributed by atoms with Crippen LogP contribution in [0.2, 0.25) is 0 Å². The topological polar surface area (TPSA) is 52.6 Å². The van der Waals surface area contributed by atoms with Gasteiger partial charge in [-0.05, 0) is 20.3 Å². The molecular weight excluding hydrogens is 168 g/mol. The Morgan fingerprint density at radius 1 is 1.54 bits per heavy atom. The predicted octanol–water partition coefficient (Wildman–Crippen LogP) is 0.809. The number of nitrogens with zero attached hydrogens (tertiary/aromatic N) is 1. The third-order valence-electron chi connectivity index (χ3n) is 2.20. The monoisotopic (exact) mass is 188 g/mol. The third-order valence-corrected chi connectivity index (χ3v) is 2.20. The Labute approximate surface area is 79.9 Å². The maximum Gasteiger partial charge on any atom is 0.317 e. The number of nitrogens with one attached hydrogen (secondary N) is 1. The first-order valence-electron chi connectivity index (χ1n) is 4.64. The molecule has 4 heteroatoms. The molecule has 13 heavy (non-hydrogen) atoms. The molecular formula is C9H20N2O2. The van der Waals surface area contributed by atoms with Crippen molar-refractivity contribution in [3.8, 4) is 0 Å². The molecule has 2 amide bonds. The maximum atomic E-state index is 11.2. The van der Waals surface area contributed by atoms with E-state index in [0.717, 1.165) is 0 Å². The number of hydrogen-bond acceptors (Lipinski definition) is 2. The van der Waals surface area contributed by atoms with Crippen molar-refractivity contribution in [2.75, 3.05) is 20.1 Å². The summed E-state index contributed by atoms with van der Waals surface area (Å²) in [6.45, 7) is 6.46. The minimum Gasteiger partial charge on any atom is -0.388 e.